The fraction of sp³-hybridized carbons (Fsp3) is 0.154. The van der Waals surface area contributed by atoms with E-state index in [2.05, 4.69) is 0 Å². The van der Waals surface area contributed by atoms with E-state index in [0.29, 0.717) is 5.56 Å². The molecule has 0 fully saturated rings. The average molecular weight is 215 g/mol. The molecular weight excluding hydrogens is 202 g/mol. The minimum Gasteiger partial charge on any atom is -0.472 e. The number of Topliss-reactive ketones (excluding diaryl/α,β-unsaturated/α-hetero) is 1. The molecule has 16 heavy (non-hydrogen) atoms. The van der Waals surface area contributed by atoms with Crippen LogP contribution in [0.3, 0.4) is 0 Å². The number of nitrogens with two attached hydrogens (primary N) is 1. The van der Waals surface area contributed by atoms with Gasteiger partial charge in [-0.05, 0) is 18.6 Å². The van der Waals surface area contributed by atoms with E-state index in [1.165, 1.54) is 12.5 Å². The van der Waals surface area contributed by atoms with Gasteiger partial charge in [-0.25, -0.2) is 0 Å². The van der Waals surface area contributed by atoms with Crippen molar-refractivity contribution in [2.75, 3.05) is 0 Å². The highest BCUT2D eigenvalue weighted by molar-refractivity contribution is 6.03. The molecule has 0 amide bonds. The zero-order chi connectivity index (χ0) is 11.6. The van der Waals surface area contributed by atoms with Crippen molar-refractivity contribution < 1.29 is 9.21 Å². The molecule has 0 aliphatic heterocycles. The van der Waals surface area contributed by atoms with E-state index in [1.54, 1.807) is 13.0 Å². The second kappa shape index (κ2) is 3.94. The van der Waals surface area contributed by atoms with Gasteiger partial charge in [0.1, 0.15) is 11.8 Å². The molecule has 2 N–H and O–H groups in total. The summed E-state index contributed by atoms with van der Waals surface area (Å²) in [6, 6.07) is 10.9. The molecule has 0 aliphatic carbocycles. The Balaban J connectivity index is 2.36. The van der Waals surface area contributed by atoms with E-state index >= 15 is 0 Å². The number of furan rings is 1. The Labute approximate surface area is 93.9 Å². The van der Waals surface area contributed by atoms with Gasteiger partial charge in [0, 0.05) is 0 Å². The third-order valence-electron chi connectivity index (χ3n) is 2.63. The van der Waals surface area contributed by atoms with Crippen LogP contribution in [0.5, 0.6) is 0 Å². The van der Waals surface area contributed by atoms with Crippen LogP contribution in [0.15, 0.2) is 53.3 Å². The van der Waals surface area contributed by atoms with Crippen molar-refractivity contribution in [2.24, 2.45) is 5.73 Å². The maximum Gasteiger partial charge on any atom is 0.190 e. The number of carbonyl (C=O) groups is 1. The lowest BCUT2D eigenvalue weighted by Crippen LogP contribution is -2.41. The molecule has 0 bridgehead atoms. The topological polar surface area (TPSA) is 56.2 Å². The zero-order valence-corrected chi connectivity index (χ0v) is 9.01. The highest BCUT2D eigenvalue weighted by Gasteiger charge is 2.31. The molecule has 82 valence electrons. The summed E-state index contributed by atoms with van der Waals surface area (Å²) in [7, 11) is 0. The van der Waals surface area contributed by atoms with Crippen LogP contribution in [0.25, 0.3) is 0 Å². The van der Waals surface area contributed by atoms with Crippen molar-refractivity contribution in [1.29, 1.82) is 0 Å². The summed E-state index contributed by atoms with van der Waals surface area (Å²) in [5, 5.41) is 0. The highest BCUT2D eigenvalue weighted by Crippen LogP contribution is 2.22. The molecule has 1 aromatic carbocycles. The fourth-order valence-corrected chi connectivity index (χ4v) is 1.61. The van der Waals surface area contributed by atoms with E-state index in [4.69, 9.17) is 10.2 Å². The number of hydrogen-bond acceptors (Lipinski definition) is 3. The molecule has 2 aromatic rings. The summed E-state index contributed by atoms with van der Waals surface area (Å²) < 4.78 is 4.89. The lowest BCUT2D eigenvalue weighted by atomic mass is 9.86. The first kappa shape index (κ1) is 10.6. The summed E-state index contributed by atoms with van der Waals surface area (Å²) in [5.41, 5.74) is 6.35. The third-order valence-corrected chi connectivity index (χ3v) is 2.63. The molecule has 3 heteroatoms. The van der Waals surface area contributed by atoms with Gasteiger partial charge in [0.25, 0.3) is 0 Å². The molecule has 1 heterocycles. The Bertz CT molecular complexity index is 472. The van der Waals surface area contributed by atoms with Gasteiger partial charge in [-0.2, -0.15) is 0 Å². The van der Waals surface area contributed by atoms with Crippen molar-refractivity contribution in [3.8, 4) is 0 Å². The number of hydrogen-bond donors (Lipinski definition) is 1. The summed E-state index contributed by atoms with van der Waals surface area (Å²) in [6.07, 6.45) is 2.88. The maximum absolute atomic E-state index is 12.1. The predicted molar refractivity (Wildman–Crippen MR) is 61.0 cm³/mol. The van der Waals surface area contributed by atoms with Crippen molar-refractivity contribution in [3.63, 3.8) is 0 Å². The van der Waals surface area contributed by atoms with E-state index in [1.807, 2.05) is 30.3 Å². The van der Waals surface area contributed by atoms with Gasteiger partial charge in [-0.15, -0.1) is 0 Å². The van der Waals surface area contributed by atoms with Crippen molar-refractivity contribution >= 4 is 5.78 Å². The van der Waals surface area contributed by atoms with E-state index in [0.717, 1.165) is 5.56 Å². The Kier molecular flexibility index (Phi) is 2.62. The van der Waals surface area contributed by atoms with E-state index in [-0.39, 0.29) is 5.78 Å². The number of ketones is 1. The van der Waals surface area contributed by atoms with Crippen molar-refractivity contribution in [2.45, 2.75) is 12.5 Å². The molecular formula is C13H13NO2. The van der Waals surface area contributed by atoms with Gasteiger partial charge in [-0.3, -0.25) is 4.79 Å². The maximum atomic E-state index is 12.1. The zero-order valence-electron chi connectivity index (χ0n) is 9.01. The Hall–Kier alpha value is -1.87. The van der Waals surface area contributed by atoms with Crippen LogP contribution in [0.4, 0.5) is 0 Å². The third kappa shape index (κ3) is 1.77. The molecule has 3 nitrogen and oxygen atoms in total. The number of benzene rings is 1. The summed E-state index contributed by atoms with van der Waals surface area (Å²) in [6.45, 7) is 1.71. The van der Waals surface area contributed by atoms with Crippen LogP contribution in [0.2, 0.25) is 0 Å². The largest absolute Gasteiger partial charge is 0.472 e. The molecule has 1 atom stereocenters. The van der Waals surface area contributed by atoms with Gasteiger partial charge < -0.3 is 10.2 Å². The normalized spacial score (nSPS) is 14.4. The molecule has 0 radical (unpaired) electrons. The lowest BCUT2D eigenvalue weighted by molar-refractivity contribution is 0.0899. The quantitative estimate of drug-likeness (QED) is 0.799. The minimum absolute atomic E-state index is 0.146. The van der Waals surface area contributed by atoms with Crippen LogP contribution in [0, 0.1) is 0 Å². The molecule has 2 rings (SSSR count). The minimum atomic E-state index is -1.02. The molecule has 0 aliphatic rings. The summed E-state index contributed by atoms with van der Waals surface area (Å²) >= 11 is 0. The summed E-state index contributed by atoms with van der Waals surface area (Å²) in [4.78, 5) is 12.1. The Morgan fingerprint density at radius 2 is 1.94 bits per heavy atom. The first-order valence-electron chi connectivity index (χ1n) is 5.04. The van der Waals surface area contributed by atoms with Crippen molar-refractivity contribution in [3.05, 3.63) is 60.1 Å². The van der Waals surface area contributed by atoms with Gasteiger partial charge in [0.15, 0.2) is 5.78 Å². The SMILES string of the molecule is CC(N)(C(=O)c1ccoc1)c1ccccc1. The monoisotopic (exact) mass is 215 g/mol. The molecule has 1 unspecified atom stereocenters. The second-order valence-electron chi connectivity index (χ2n) is 3.91. The van der Waals surface area contributed by atoms with Gasteiger partial charge in [0.2, 0.25) is 0 Å². The molecule has 1 aromatic heterocycles. The molecule has 0 saturated carbocycles. The lowest BCUT2D eigenvalue weighted by Gasteiger charge is -2.22. The predicted octanol–water partition coefficient (Wildman–Crippen LogP) is 2.34. The van der Waals surface area contributed by atoms with Crippen LogP contribution >= 0.6 is 0 Å². The van der Waals surface area contributed by atoms with E-state index in [9.17, 15) is 4.79 Å². The molecule has 0 spiro atoms. The average Bonchev–Trinajstić information content (AvgIpc) is 2.82. The number of rotatable bonds is 3. The van der Waals surface area contributed by atoms with Crippen molar-refractivity contribution in [1.82, 2.24) is 0 Å². The number of carbonyl (C=O) groups excluding carboxylic acids is 1. The van der Waals surface area contributed by atoms with Gasteiger partial charge >= 0.3 is 0 Å². The first-order chi connectivity index (χ1) is 7.62. The fourth-order valence-electron chi connectivity index (χ4n) is 1.61. The second-order valence-corrected chi connectivity index (χ2v) is 3.91. The summed E-state index contributed by atoms with van der Waals surface area (Å²) in [5.74, 6) is -0.146. The van der Waals surface area contributed by atoms with Gasteiger partial charge in [0.05, 0.1) is 11.8 Å². The van der Waals surface area contributed by atoms with Gasteiger partial charge in [-0.1, -0.05) is 30.3 Å². The first-order valence-corrected chi connectivity index (χ1v) is 5.04. The van der Waals surface area contributed by atoms with E-state index < -0.39 is 5.54 Å². The van der Waals surface area contributed by atoms with Crippen LogP contribution in [0.1, 0.15) is 22.8 Å². The molecule has 0 saturated heterocycles. The highest BCUT2D eigenvalue weighted by atomic mass is 16.3. The van der Waals surface area contributed by atoms with Crippen LogP contribution in [-0.2, 0) is 5.54 Å². The Morgan fingerprint density at radius 3 is 2.50 bits per heavy atom. The van der Waals surface area contributed by atoms with Crippen LogP contribution in [-0.4, -0.2) is 5.78 Å². The smallest absolute Gasteiger partial charge is 0.190 e. The standard InChI is InChI=1S/C13H13NO2/c1-13(14,11-5-3-2-4-6-11)12(15)10-7-8-16-9-10/h2-9H,14H2,1H3. The van der Waals surface area contributed by atoms with Crippen LogP contribution < -0.4 is 5.73 Å². The Morgan fingerprint density at radius 1 is 1.25 bits per heavy atom.